The molecule has 2 aromatic rings. The van der Waals surface area contributed by atoms with Gasteiger partial charge < -0.3 is 10.1 Å². The lowest BCUT2D eigenvalue weighted by Gasteiger charge is -2.26. The summed E-state index contributed by atoms with van der Waals surface area (Å²) in [4.78, 5) is -1.00. The highest BCUT2D eigenvalue weighted by Crippen LogP contribution is 2.30. The van der Waals surface area contributed by atoms with Gasteiger partial charge in [0.2, 0.25) is 10.0 Å². The van der Waals surface area contributed by atoms with Gasteiger partial charge in [-0.25, -0.2) is 25.6 Å². The lowest BCUT2D eigenvalue weighted by atomic mass is 10.2. The summed E-state index contributed by atoms with van der Waals surface area (Å²) in [5.74, 6) is -2.05. The minimum atomic E-state index is -4.54. The molecule has 0 saturated carbocycles. The molecule has 2 N–H and O–H groups in total. The molecular formula is C20H25F2N3O5S2. The molecule has 1 aliphatic heterocycles. The first kappa shape index (κ1) is 24.4. The maximum atomic E-state index is 14.1. The van der Waals surface area contributed by atoms with Crippen molar-refractivity contribution in [1.29, 1.82) is 0 Å². The number of halogens is 2. The molecule has 0 radical (unpaired) electrons. The summed E-state index contributed by atoms with van der Waals surface area (Å²) in [6, 6.07) is 6.08. The molecule has 0 spiro atoms. The zero-order valence-corrected chi connectivity index (χ0v) is 19.1. The molecule has 32 heavy (non-hydrogen) atoms. The van der Waals surface area contributed by atoms with Gasteiger partial charge in [-0.05, 0) is 42.8 Å². The van der Waals surface area contributed by atoms with Gasteiger partial charge in [-0.1, -0.05) is 13.3 Å². The van der Waals surface area contributed by atoms with Crippen molar-refractivity contribution in [2.45, 2.75) is 29.6 Å². The molecule has 0 bridgehead atoms. The van der Waals surface area contributed by atoms with Crippen LogP contribution in [0.4, 0.5) is 20.2 Å². The average Bonchev–Trinajstić information content (AvgIpc) is 2.76. The highest BCUT2D eigenvalue weighted by molar-refractivity contribution is 7.92. The van der Waals surface area contributed by atoms with Gasteiger partial charge in [0.25, 0.3) is 10.0 Å². The molecule has 1 fully saturated rings. The van der Waals surface area contributed by atoms with Crippen molar-refractivity contribution in [2.75, 3.05) is 42.9 Å². The van der Waals surface area contributed by atoms with Crippen LogP contribution in [0.5, 0.6) is 0 Å². The van der Waals surface area contributed by atoms with Crippen molar-refractivity contribution in [1.82, 2.24) is 4.31 Å². The summed E-state index contributed by atoms with van der Waals surface area (Å²) in [5.41, 5.74) is 0.235. The van der Waals surface area contributed by atoms with E-state index in [-0.39, 0.29) is 36.9 Å². The predicted octanol–water partition coefficient (Wildman–Crippen LogP) is 3.00. The second kappa shape index (κ2) is 10.1. The summed E-state index contributed by atoms with van der Waals surface area (Å²) in [7, 11) is -8.45. The first-order chi connectivity index (χ1) is 15.1. The molecule has 0 aliphatic carbocycles. The van der Waals surface area contributed by atoms with Gasteiger partial charge in [0.05, 0.1) is 29.5 Å². The zero-order valence-electron chi connectivity index (χ0n) is 17.5. The van der Waals surface area contributed by atoms with Crippen LogP contribution in [-0.4, -0.2) is 54.0 Å². The van der Waals surface area contributed by atoms with Crippen LogP contribution in [0.3, 0.4) is 0 Å². The van der Waals surface area contributed by atoms with E-state index in [2.05, 4.69) is 10.0 Å². The fourth-order valence-corrected chi connectivity index (χ4v) is 5.74. The number of nitrogens with one attached hydrogen (secondary N) is 2. The van der Waals surface area contributed by atoms with Crippen LogP contribution in [0.25, 0.3) is 0 Å². The fraction of sp³-hybridized carbons (Fsp3) is 0.400. The van der Waals surface area contributed by atoms with Gasteiger partial charge in [0.1, 0.15) is 16.5 Å². The van der Waals surface area contributed by atoms with Crippen LogP contribution >= 0.6 is 0 Å². The molecule has 0 atom stereocenters. The van der Waals surface area contributed by atoms with Crippen LogP contribution in [0, 0.1) is 11.6 Å². The summed E-state index contributed by atoms with van der Waals surface area (Å²) >= 11 is 0. The van der Waals surface area contributed by atoms with E-state index in [1.54, 1.807) is 0 Å². The van der Waals surface area contributed by atoms with Crippen LogP contribution in [-0.2, 0) is 24.8 Å². The Morgan fingerprint density at radius 1 is 1.00 bits per heavy atom. The van der Waals surface area contributed by atoms with Crippen molar-refractivity contribution < 1.29 is 30.4 Å². The Morgan fingerprint density at radius 3 is 2.41 bits per heavy atom. The monoisotopic (exact) mass is 489 g/mol. The fourth-order valence-electron chi connectivity index (χ4n) is 3.14. The van der Waals surface area contributed by atoms with E-state index in [0.717, 1.165) is 18.9 Å². The summed E-state index contributed by atoms with van der Waals surface area (Å²) < 4.78 is 87.9. The van der Waals surface area contributed by atoms with Crippen LogP contribution in [0.2, 0.25) is 0 Å². The van der Waals surface area contributed by atoms with Crippen LogP contribution < -0.4 is 10.0 Å². The lowest BCUT2D eigenvalue weighted by Crippen LogP contribution is -2.40. The van der Waals surface area contributed by atoms with E-state index in [4.69, 9.17) is 4.74 Å². The van der Waals surface area contributed by atoms with Gasteiger partial charge in [0, 0.05) is 19.6 Å². The highest BCUT2D eigenvalue weighted by Gasteiger charge is 2.28. The number of morpholine rings is 1. The Bertz CT molecular complexity index is 1170. The molecule has 0 unspecified atom stereocenters. The molecule has 1 aliphatic rings. The Balaban J connectivity index is 2.00. The molecule has 8 nitrogen and oxygen atoms in total. The number of nitrogens with zero attached hydrogens (tertiary/aromatic N) is 1. The van der Waals surface area contributed by atoms with E-state index in [0.29, 0.717) is 24.4 Å². The third-order valence-electron chi connectivity index (χ3n) is 4.87. The van der Waals surface area contributed by atoms with Crippen LogP contribution in [0.15, 0.2) is 46.2 Å². The van der Waals surface area contributed by atoms with Gasteiger partial charge in [0.15, 0.2) is 0 Å². The quantitative estimate of drug-likeness (QED) is 0.525. The SMILES string of the molecule is CCCCNc1ccc(S(=O)(=O)N2CCOCC2)cc1NS(=O)(=O)c1cc(F)ccc1F. The van der Waals surface area contributed by atoms with Crippen molar-refractivity contribution >= 4 is 31.4 Å². The number of benzene rings is 2. The van der Waals surface area contributed by atoms with E-state index in [1.165, 1.54) is 22.5 Å². The first-order valence-corrected chi connectivity index (χ1v) is 13.0. The normalized spacial score (nSPS) is 15.5. The minimum absolute atomic E-state index is 0.0842. The number of sulfonamides is 2. The molecule has 1 saturated heterocycles. The molecular weight excluding hydrogens is 464 g/mol. The van der Waals surface area contributed by atoms with Gasteiger partial charge in [-0.2, -0.15) is 4.31 Å². The number of rotatable bonds is 9. The molecule has 3 rings (SSSR count). The van der Waals surface area contributed by atoms with Crippen LogP contribution in [0.1, 0.15) is 19.8 Å². The molecule has 176 valence electrons. The second-order valence-electron chi connectivity index (χ2n) is 7.18. The minimum Gasteiger partial charge on any atom is -0.383 e. The lowest BCUT2D eigenvalue weighted by molar-refractivity contribution is 0.0730. The predicted molar refractivity (Wildman–Crippen MR) is 117 cm³/mol. The largest absolute Gasteiger partial charge is 0.383 e. The van der Waals surface area contributed by atoms with E-state index >= 15 is 0 Å². The summed E-state index contributed by atoms with van der Waals surface area (Å²) in [6.45, 7) is 3.36. The third kappa shape index (κ3) is 5.55. The number of hydrogen-bond acceptors (Lipinski definition) is 6. The number of hydrogen-bond donors (Lipinski definition) is 2. The van der Waals surface area contributed by atoms with E-state index in [9.17, 15) is 25.6 Å². The number of ether oxygens (including phenoxy) is 1. The number of unbranched alkanes of at least 4 members (excludes halogenated alkanes) is 1. The molecule has 1 heterocycles. The molecule has 0 amide bonds. The summed E-state index contributed by atoms with van der Waals surface area (Å²) in [5, 5.41) is 3.05. The smallest absolute Gasteiger partial charge is 0.264 e. The highest BCUT2D eigenvalue weighted by atomic mass is 32.2. The maximum Gasteiger partial charge on any atom is 0.264 e. The summed E-state index contributed by atoms with van der Waals surface area (Å²) in [6.07, 6.45) is 1.67. The van der Waals surface area contributed by atoms with Gasteiger partial charge >= 0.3 is 0 Å². The van der Waals surface area contributed by atoms with Crippen molar-refractivity contribution in [3.63, 3.8) is 0 Å². The van der Waals surface area contributed by atoms with E-state index < -0.39 is 36.6 Å². The second-order valence-corrected chi connectivity index (χ2v) is 10.8. The molecule has 0 aromatic heterocycles. The third-order valence-corrected chi connectivity index (χ3v) is 8.15. The van der Waals surface area contributed by atoms with Gasteiger partial charge in [-0.3, -0.25) is 4.72 Å². The van der Waals surface area contributed by atoms with Crippen molar-refractivity contribution in [3.8, 4) is 0 Å². The first-order valence-electron chi connectivity index (χ1n) is 10.1. The number of anilines is 2. The van der Waals surface area contributed by atoms with Crippen molar-refractivity contribution in [2.24, 2.45) is 0 Å². The topological polar surface area (TPSA) is 105 Å². The zero-order chi connectivity index (χ0) is 23.4. The Kier molecular flexibility index (Phi) is 7.70. The molecule has 12 heteroatoms. The Hall–Kier alpha value is -2.28. The molecule has 2 aromatic carbocycles. The van der Waals surface area contributed by atoms with E-state index in [1.807, 2.05) is 6.92 Å². The maximum absolute atomic E-state index is 14.1. The van der Waals surface area contributed by atoms with Crippen molar-refractivity contribution in [3.05, 3.63) is 48.0 Å². The Labute approximate surface area is 186 Å². The standard InChI is InChI=1S/C20H25F2N3O5S2/c1-2-3-8-23-18-7-5-16(32(28,29)25-9-11-30-12-10-25)14-19(18)24-31(26,27)20-13-15(21)4-6-17(20)22/h4-7,13-14,23-24H,2-3,8-12H2,1H3. The Morgan fingerprint density at radius 2 is 1.72 bits per heavy atom. The average molecular weight is 490 g/mol. The van der Waals surface area contributed by atoms with Gasteiger partial charge in [-0.15, -0.1) is 0 Å².